The molecule has 0 unspecified atom stereocenters. The lowest BCUT2D eigenvalue weighted by atomic mass is 10.2. The largest absolute Gasteiger partial charge is 0.350 e. The number of benzene rings is 1. The van der Waals surface area contributed by atoms with Crippen LogP contribution in [-0.4, -0.2) is 10.6 Å². The summed E-state index contributed by atoms with van der Waals surface area (Å²) < 4.78 is 15.1. The van der Waals surface area contributed by atoms with E-state index in [4.69, 9.17) is 0 Å². The van der Waals surface area contributed by atoms with Crippen molar-refractivity contribution in [3.63, 3.8) is 0 Å². The van der Waals surface area contributed by atoms with Crippen LogP contribution in [0.15, 0.2) is 42.7 Å². The Labute approximate surface area is 107 Å². The molecule has 0 saturated carbocycles. The minimum atomic E-state index is -0.179. The van der Waals surface area contributed by atoms with E-state index >= 15 is 0 Å². The molecule has 0 bridgehead atoms. The van der Waals surface area contributed by atoms with Crippen molar-refractivity contribution in [2.45, 2.75) is 33.0 Å². The van der Waals surface area contributed by atoms with Gasteiger partial charge in [-0.15, -0.1) is 0 Å². The second-order valence-corrected chi connectivity index (χ2v) is 4.86. The molecule has 0 fully saturated rings. The van der Waals surface area contributed by atoms with Gasteiger partial charge in [-0.05, 0) is 29.3 Å². The number of halogens is 1. The van der Waals surface area contributed by atoms with E-state index in [2.05, 4.69) is 36.0 Å². The molecule has 2 nitrogen and oxygen atoms in total. The van der Waals surface area contributed by atoms with Crippen molar-refractivity contribution in [1.82, 2.24) is 9.88 Å². The molecule has 0 atom stereocenters. The van der Waals surface area contributed by atoms with Crippen molar-refractivity contribution in [2.75, 3.05) is 0 Å². The molecule has 0 aliphatic carbocycles. The molecular weight excluding hydrogens is 227 g/mol. The Morgan fingerprint density at radius 2 is 2.06 bits per heavy atom. The van der Waals surface area contributed by atoms with Crippen molar-refractivity contribution >= 4 is 0 Å². The number of aromatic nitrogens is 1. The molecular formula is C15H19FN2. The van der Waals surface area contributed by atoms with Crippen molar-refractivity contribution in [3.05, 3.63) is 59.7 Å². The summed E-state index contributed by atoms with van der Waals surface area (Å²) in [5.41, 5.74) is 2.23. The van der Waals surface area contributed by atoms with Gasteiger partial charge in [0.05, 0.1) is 0 Å². The highest BCUT2D eigenvalue weighted by Gasteiger charge is 2.00. The van der Waals surface area contributed by atoms with Gasteiger partial charge in [0, 0.05) is 31.5 Å². The van der Waals surface area contributed by atoms with Gasteiger partial charge in [0.15, 0.2) is 0 Å². The first-order valence-electron chi connectivity index (χ1n) is 6.26. The number of nitrogens with one attached hydrogen (secondary N) is 1. The lowest BCUT2D eigenvalue weighted by Gasteiger charge is -2.06. The van der Waals surface area contributed by atoms with E-state index in [0.29, 0.717) is 12.6 Å². The molecule has 2 rings (SSSR count). The van der Waals surface area contributed by atoms with Crippen LogP contribution < -0.4 is 5.32 Å². The maximum Gasteiger partial charge on any atom is 0.123 e. The minimum absolute atomic E-state index is 0.179. The third kappa shape index (κ3) is 3.70. The van der Waals surface area contributed by atoms with Crippen LogP contribution in [0.4, 0.5) is 4.39 Å². The highest BCUT2D eigenvalue weighted by Crippen LogP contribution is 2.08. The first-order valence-corrected chi connectivity index (χ1v) is 6.26. The SMILES string of the molecule is CC(C)NCc1ccn(Cc2cccc(F)c2)c1. The Bertz CT molecular complexity index is 503. The van der Waals surface area contributed by atoms with E-state index in [9.17, 15) is 4.39 Å². The monoisotopic (exact) mass is 246 g/mol. The smallest absolute Gasteiger partial charge is 0.123 e. The Kier molecular flexibility index (Phi) is 4.15. The molecule has 1 aromatic heterocycles. The van der Waals surface area contributed by atoms with Crippen LogP contribution in [0.2, 0.25) is 0 Å². The Hall–Kier alpha value is -1.61. The molecule has 0 amide bonds. The summed E-state index contributed by atoms with van der Waals surface area (Å²) in [5, 5.41) is 3.37. The lowest BCUT2D eigenvalue weighted by Crippen LogP contribution is -2.21. The molecule has 18 heavy (non-hydrogen) atoms. The minimum Gasteiger partial charge on any atom is -0.350 e. The fourth-order valence-corrected chi connectivity index (χ4v) is 1.86. The average Bonchev–Trinajstić information content (AvgIpc) is 2.74. The molecule has 0 saturated heterocycles. The summed E-state index contributed by atoms with van der Waals surface area (Å²) in [7, 11) is 0. The fraction of sp³-hybridized carbons (Fsp3) is 0.333. The Morgan fingerprint density at radius 1 is 1.22 bits per heavy atom. The van der Waals surface area contributed by atoms with Crippen molar-refractivity contribution in [2.24, 2.45) is 0 Å². The van der Waals surface area contributed by atoms with Gasteiger partial charge in [-0.2, -0.15) is 0 Å². The van der Waals surface area contributed by atoms with Crippen molar-refractivity contribution < 1.29 is 4.39 Å². The molecule has 0 aliphatic heterocycles. The average molecular weight is 246 g/mol. The van der Waals surface area contributed by atoms with Gasteiger partial charge in [-0.1, -0.05) is 26.0 Å². The molecule has 0 radical (unpaired) electrons. The molecule has 1 N–H and O–H groups in total. The molecule has 1 heterocycles. The number of rotatable bonds is 5. The van der Waals surface area contributed by atoms with E-state index < -0.39 is 0 Å². The van der Waals surface area contributed by atoms with Crippen LogP contribution in [0.5, 0.6) is 0 Å². The second kappa shape index (κ2) is 5.83. The van der Waals surface area contributed by atoms with Gasteiger partial charge in [0.1, 0.15) is 5.82 Å². The summed E-state index contributed by atoms with van der Waals surface area (Å²) in [6, 6.07) is 9.30. The lowest BCUT2D eigenvalue weighted by molar-refractivity contribution is 0.588. The van der Waals surface area contributed by atoms with Gasteiger partial charge in [-0.25, -0.2) is 4.39 Å². The number of hydrogen-bond donors (Lipinski definition) is 1. The van der Waals surface area contributed by atoms with E-state index in [1.165, 1.54) is 11.6 Å². The van der Waals surface area contributed by atoms with Crippen LogP contribution in [0, 0.1) is 5.82 Å². The standard InChI is InChI=1S/C15H19FN2/c1-12(2)17-9-14-6-7-18(11-14)10-13-4-3-5-15(16)8-13/h3-8,11-12,17H,9-10H2,1-2H3. The zero-order chi connectivity index (χ0) is 13.0. The Balaban J connectivity index is 1.98. The molecule has 0 aliphatic rings. The summed E-state index contributed by atoms with van der Waals surface area (Å²) >= 11 is 0. The van der Waals surface area contributed by atoms with Gasteiger partial charge in [-0.3, -0.25) is 0 Å². The molecule has 96 valence electrons. The zero-order valence-electron chi connectivity index (χ0n) is 10.9. The molecule has 2 aromatic rings. The Morgan fingerprint density at radius 3 is 2.78 bits per heavy atom. The zero-order valence-corrected chi connectivity index (χ0v) is 10.9. The quantitative estimate of drug-likeness (QED) is 0.857. The van der Waals surface area contributed by atoms with Crippen LogP contribution in [-0.2, 0) is 13.1 Å². The van der Waals surface area contributed by atoms with Crippen molar-refractivity contribution in [3.8, 4) is 0 Å². The molecule has 3 heteroatoms. The number of hydrogen-bond acceptors (Lipinski definition) is 1. The summed E-state index contributed by atoms with van der Waals surface area (Å²) in [6.45, 7) is 5.83. The summed E-state index contributed by atoms with van der Waals surface area (Å²) in [4.78, 5) is 0. The van der Waals surface area contributed by atoms with Gasteiger partial charge in [0.25, 0.3) is 0 Å². The fourth-order valence-electron chi connectivity index (χ4n) is 1.86. The van der Waals surface area contributed by atoms with Crippen LogP contribution in [0.3, 0.4) is 0 Å². The third-order valence-corrected chi connectivity index (χ3v) is 2.78. The summed E-state index contributed by atoms with van der Waals surface area (Å²) in [5.74, 6) is -0.179. The molecule has 0 spiro atoms. The maximum atomic E-state index is 13.1. The predicted octanol–water partition coefficient (Wildman–Crippen LogP) is 3.17. The summed E-state index contributed by atoms with van der Waals surface area (Å²) in [6.07, 6.45) is 4.13. The highest BCUT2D eigenvalue weighted by atomic mass is 19.1. The first-order chi connectivity index (χ1) is 8.63. The van der Waals surface area contributed by atoms with E-state index in [0.717, 1.165) is 12.1 Å². The van der Waals surface area contributed by atoms with Crippen molar-refractivity contribution in [1.29, 1.82) is 0 Å². The van der Waals surface area contributed by atoms with Gasteiger partial charge >= 0.3 is 0 Å². The normalized spacial score (nSPS) is 11.1. The van der Waals surface area contributed by atoms with E-state index in [1.807, 2.05) is 12.3 Å². The second-order valence-electron chi connectivity index (χ2n) is 4.86. The predicted molar refractivity (Wildman–Crippen MR) is 71.9 cm³/mol. The van der Waals surface area contributed by atoms with Crippen LogP contribution in [0.1, 0.15) is 25.0 Å². The van der Waals surface area contributed by atoms with Gasteiger partial charge < -0.3 is 9.88 Å². The van der Waals surface area contributed by atoms with E-state index in [1.54, 1.807) is 12.1 Å². The third-order valence-electron chi connectivity index (χ3n) is 2.78. The maximum absolute atomic E-state index is 13.1. The number of nitrogens with zero attached hydrogens (tertiary/aromatic N) is 1. The van der Waals surface area contributed by atoms with Crippen LogP contribution >= 0.6 is 0 Å². The first kappa shape index (κ1) is 12.8. The highest BCUT2D eigenvalue weighted by molar-refractivity contribution is 5.18. The van der Waals surface area contributed by atoms with Crippen LogP contribution in [0.25, 0.3) is 0 Å². The molecule has 1 aromatic carbocycles. The topological polar surface area (TPSA) is 17.0 Å². The van der Waals surface area contributed by atoms with E-state index in [-0.39, 0.29) is 5.82 Å². The van der Waals surface area contributed by atoms with Gasteiger partial charge in [0.2, 0.25) is 0 Å².